The molecule has 3 rings (SSSR count). The van der Waals surface area contributed by atoms with Gasteiger partial charge in [-0.05, 0) is 36.2 Å². The Hall–Kier alpha value is -2.46. The third-order valence-electron chi connectivity index (χ3n) is 3.45. The molecular weight excluding hydrogens is 260 g/mol. The molecule has 0 atom stereocenters. The van der Waals surface area contributed by atoms with E-state index in [-0.39, 0.29) is 0 Å². The maximum Gasteiger partial charge on any atom is 0.0645 e. The van der Waals surface area contributed by atoms with E-state index in [9.17, 15) is 0 Å². The minimum atomic E-state index is 0.793. The molecular formula is C17H18N4. The number of para-hydroxylation sites is 1. The highest BCUT2D eigenvalue weighted by Crippen LogP contribution is 2.08. The normalized spacial score (nSPS) is 10.7. The Balaban J connectivity index is 1.60. The summed E-state index contributed by atoms with van der Waals surface area (Å²) in [4.78, 5) is 4.16. The first-order valence-corrected chi connectivity index (χ1v) is 7.02. The lowest BCUT2D eigenvalue weighted by molar-refractivity contribution is 0.688. The standard InChI is InChI=1S/C17H18N4/c1-14-7-8-18-11-16(14)12-19-9-15-10-20-21(13-15)17-5-3-2-4-6-17/h2-8,10-11,13,19H,9,12H2,1H3. The second kappa shape index (κ2) is 6.33. The zero-order valence-corrected chi connectivity index (χ0v) is 12.0. The summed E-state index contributed by atoms with van der Waals surface area (Å²) in [6, 6.07) is 12.2. The number of hydrogen-bond donors (Lipinski definition) is 1. The van der Waals surface area contributed by atoms with Crippen LogP contribution in [-0.2, 0) is 13.1 Å². The maximum absolute atomic E-state index is 4.39. The molecule has 21 heavy (non-hydrogen) atoms. The zero-order valence-electron chi connectivity index (χ0n) is 12.0. The summed E-state index contributed by atoms with van der Waals surface area (Å²) in [6.07, 6.45) is 7.69. The van der Waals surface area contributed by atoms with E-state index in [1.807, 2.05) is 59.7 Å². The first kappa shape index (κ1) is 13.5. The Kier molecular flexibility index (Phi) is 4.07. The monoisotopic (exact) mass is 278 g/mol. The maximum atomic E-state index is 4.39. The van der Waals surface area contributed by atoms with Crippen molar-refractivity contribution in [2.24, 2.45) is 0 Å². The lowest BCUT2D eigenvalue weighted by atomic mass is 10.1. The van der Waals surface area contributed by atoms with Gasteiger partial charge in [-0.25, -0.2) is 4.68 Å². The van der Waals surface area contributed by atoms with Crippen LogP contribution in [0.4, 0.5) is 0 Å². The molecule has 0 saturated carbocycles. The number of benzene rings is 1. The molecule has 0 fully saturated rings. The van der Waals surface area contributed by atoms with Crippen LogP contribution in [0.3, 0.4) is 0 Å². The fraction of sp³-hybridized carbons (Fsp3) is 0.176. The molecule has 0 saturated heterocycles. The molecule has 0 aliphatic carbocycles. The molecule has 4 nitrogen and oxygen atoms in total. The van der Waals surface area contributed by atoms with Crippen LogP contribution in [0, 0.1) is 6.92 Å². The van der Waals surface area contributed by atoms with Gasteiger partial charge < -0.3 is 5.32 Å². The number of aryl methyl sites for hydroxylation is 1. The van der Waals surface area contributed by atoms with Crippen LogP contribution >= 0.6 is 0 Å². The van der Waals surface area contributed by atoms with Gasteiger partial charge in [0.05, 0.1) is 11.9 Å². The second-order valence-corrected chi connectivity index (χ2v) is 5.03. The number of pyridine rings is 1. The van der Waals surface area contributed by atoms with Crippen LogP contribution in [0.1, 0.15) is 16.7 Å². The molecule has 0 unspecified atom stereocenters. The molecule has 1 aromatic carbocycles. The molecule has 2 aromatic heterocycles. The molecule has 0 aliphatic rings. The summed E-state index contributed by atoms with van der Waals surface area (Å²) < 4.78 is 1.90. The Labute approximate surface area is 124 Å². The highest BCUT2D eigenvalue weighted by molar-refractivity contribution is 5.31. The minimum Gasteiger partial charge on any atom is -0.308 e. The van der Waals surface area contributed by atoms with Crippen molar-refractivity contribution in [3.05, 3.63) is 77.9 Å². The number of nitrogens with one attached hydrogen (secondary N) is 1. The molecule has 1 N–H and O–H groups in total. The molecule has 0 aliphatic heterocycles. The van der Waals surface area contributed by atoms with Gasteiger partial charge in [-0.3, -0.25) is 4.98 Å². The Morgan fingerprint density at radius 1 is 1.05 bits per heavy atom. The molecule has 3 aromatic rings. The average molecular weight is 278 g/mol. The van der Waals surface area contributed by atoms with Crippen LogP contribution < -0.4 is 5.32 Å². The predicted octanol–water partition coefficient (Wildman–Crippen LogP) is 2.87. The van der Waals surface area contributed by atoms with Gasteiger partial charge in [0.25, 0.3) is 0 Å². The minimum absolute atomic E-state index is 0.793. The van der Waals surface area contributed by atoms with Gasteiger partial charge in [-0.1, -0.05) is 18.2 Å². The van der Waals surface area contributed by atoms with E-state index < -0.39 is 0 Å². The van der Waals surface area contributed by atoms with Gasteiger partial charge in [0, 0.05) is 37.2 Å². The lowest BCUT2D eigenvalue weighted by Gasteiger charge is -2.05. The highest BCUT2D eigenvalue weighted by atomic mass is 15.3. The first-order valence-electron chi connectivity index (χ1n) is 7.02. The summed E-state index contributed by atoms with van der Waals surface area (Å²) in [7, 11) is 0. The number of rotatable bonds is 5. The van der Waals surface area contributed by atoms with Gasteiger partial charge in [0.1, 0.15) is 0 Å². The van der Waals surface area contributed by atoms with Crippen molar-refractivity contribution in [3.63, 3.8) is 0 Å². The summed E-state index contributed by atoms with van der Waals surface area (Å²) in [5, 5.41) is 7.82. The largest absolute Gasteiger partial charge is 0.308 e. The van der Waals surface area contributed by atoms with Crippen molar-refractivity contribution in [1.82, 2.24) is 20.1 Å². The zero-order chi connectivity index (χ0) is 14.5. The Morgan fingerprint density at radius 2 is 1.90 bits per heavy atom. The molecule has 4 heteroatoms. The molecule has 0 radical (unpaired) electrons. The van der Waals surface area contributed by atoms with E-state index in [2.05, 4.69) is 28.5 Å². The van der Waals surface area contributed by atoms with E-state index in [0.29, 0.717) is 0 Å². The third-order valence-corrected chi connectivity index (χ3v) is 3.45. The van der Waals surface area contributed by atoms with Crippen LogP contribution in [0.15, 0.2) is 61.2 Å². The SMILES string of the molecule is Cc1ccncc1CNCc1cnn(-c2ccccc2)c1. The summed E-state index contributed by atoms with van der Waals surface area (Å²) >= 11 is 0. The fourth-order valence-corrected chi connectivity index (χ4v) is 2.20. The van der Waals surface area contributed by atoms with Crippen LogP contribution in [0.2, 0.25) is 0 Å². The molecule has 0 bridgehead atoms. The second-order valence-electron chi connectivity index (χ2n) is 5.03. The molecule has 2 heterocycles. The third kappa shape index (κ3) is 3.35. The molecule has 0 spiro atoms. The fourth-order valence-electron chi connectivity index (χ4n) is 2.20. The summed E-state index contributed by atoms with van der Waals surface area (Å²) in [6.45, 7) is 3.71. The summed E-state index contributed by atoms with van der Waals surface area (Å²) in [5.41, 5.74) is 4.73. The Morgan fingerprint density at radius 3 is 2.71 bits per heavy atom. The van der Waals surface area contributed by atoms with Crippen molar-refractivity contribution >= 4 is 0 Å². The topological polar surface area (TPSA) is 42.7 Å². The molecule has 106 valence electrons. The van der Waals surface area contributed by atoms with Crippen molar-refractivity contribution in [2.45, 2.75) is 20.0 Å². The van der Waals surface area contributed by atoms with Crippen molar-refractivity contribution in [1.29, 1.82) is 0 Å². The van der Waals surface area contributed by atoms with Gasteiger partial charge in [-0.15, -0.1) is 0 Å². The van der Waals surface area contributed by atoms with Gasteiger partial charge in [0.2, 0.25) is 0 Å². The van der Waals surface area contributed by atoms with Crippen LogP contribution in [0.5, 0.6) is 0 Å². The molecule has 0 amide bonds. The number of nitrogens with zero attached hydrogens (tertiary/aromatic N) is 3. The van der Waals surface area contributed by atoms with Crippen LogP contribution in [-0.4, -0.2) is 14.8 Å². The average Bonchev–Trinajstić information content (AvgIpc) is 2.99. The van der Waals surface area contributed by atoms with Gasteiger partial charge >= 0.3 is 0 Å². The van der Waals surface area contributed by atoms with E-state index in [1.165, 1.54) is 16.7 Å². The van der Waals surface area contributed by atoms with E-state index in [1.54, 1.807) is 0 Å². The number of hydrogen-bond acceptors (Lipinski definition) is 3. The number of aromatic nitrogens is 3. The van der Waals surface area contributed by atoms with Crippen molar-refractivity contribution < 1.29 is 0 Å². The Bertz CT molecular complexity index is 704. The van der Waals surface area contributed by atoms with E-state index in [0.717, 1.165) is 18.8 Å². The van der Waals surface area contributed by atoms with E-state index >= 15 is 0 Å². The van der Waals surface area contributed by atoms with E-state index in [4.69, 9.17) is 0 Å². The smallest absolute Gasteiger partial charge is 0.0645 e. The lowest BCUT2D eigenvalue weighted by Crippen LogP contribution is -2.13. The predicted molar refractivity (Wildman–Crippen MR) is 83.1 cm³/mol. The van der Waals surface area contributed by atoms with Crippen LogP contribution in [0.25, 0.3) is 5.69 Å². The highest BCUT2D eigenvalue weighted by Gasteiger charge is 2.01. The van der Waals surface area contributed by atoms with Gasteiger partial charge in [0.15, 0.2) is 0 Å². The van der Waals surface area contributed by atoms with Crippen molar-refractivity contribution in [3.8, 4) is 5.69 Å². The first-order chi connectivity index (χ1) is 10.3. The van der Waals surface area contributed by atoms with Crippen molar-refractivity contribution in [2.75, 3.05) is 0 Å². The van der Waals surface area contributed by atoms with Gasteiger partial charge in [-0.2, -0.15) is 5.10 Å². The quantitative estimate of drug-likeness (QED) is 0.780. The summed E-state index contributed by atoms with van der Waals surface area (Å²) in [5.74, 6) is 0.